The number of carboxylic acids is 1. The van der Waals surface area contributed by atoms with Gasteiger partial charge in [-0.3, -0.25) is 10.1 Å². The van der Waals surface area contributed by atoms with Gasteiger partial charge in [-0.15, -0.1) is 0 Å². The molecule has 1 amide bonds. The number of aliphatic carboxylic acids is 1. The number of carboxylic acid groups (broad SMARTS) is 1. The van der Waals surface area contributed by atoms with E-state index in [0.29, 0.717) is 45.0 Å². The first-order valence-electron chi connectivity index (χ1n) is 9.33. The van der Waals surface area contributed by atoms with Gasteiger partial charge < -0.3 is 14.9 Å². The molecule has 0 bridgehead atoms. The minimum atomic E-state index is -1.03. The number of allylic oxidation sites excluding steroid dienone is 1. The molecule has 3 N–H and O–H groups in total. The van der Waals surface area contributed by atoms with E-state index in [9.17, 15) is 19.5 Å². The summed E-state index contributed by atoms with van der Waals surface area (Å²) in [7, 11) is 0. The Bertz CT molecular complexity index is 988. The first kappa shape index (κ1) is 24.6. The maximum atomic E-state index is 12.5. The minimum Gasteiger partial charge on any atom is -0.506 e. The maximum Gasteiger partial charge on any atom is 0.412 e. The van der Waals surface area contributed by atoms with Crippen molar-refractivity contribution in [3.05, 3.63) is 68.6 Å². The predicted molar refractivity (Wildman–Crippen MR) is 123 cm³/mol. The largest absolute Gasteiger partial charge is 0.506 e. The van der Waals surface area contributed by atoms with Crippen LogP contribution in [0.15, 0.2) is 57.5 Å². The number of Topliss-reactive ketones (excluding diaryl/α,β-unsaturated/α-hetero) is 1. The number of amides is 1. The normalized spacial score (nSPS) is 11.8. The molecule has 0 unspecified atom stereocenters. The van der Waals surface area contributed by atoms with Crippen LogP contribution in [0.3, 0.4) is 0 Å². The number of hydrogen-bond donors (Lipinski definition) is 3. The van der Waals surface area contributed by atoms with Gasteiger partial charge in [0.05, 0.1) is 4.47 Å². The number of hydrogen-bond acceptors (Lipinski definition) is 5. The van der Waals surface area contributed by atoms with E-state index < -0.39 is 18.2 Å². The van der Waals surface area contributed by atoms with Crippen molar-refractivity contribution in [2.45, 2.75) is 32.3 Å². The first-order valence-corrected chi connectivity index (χ1v) is 10.9. The topological polar surface area (TPSA) is 113 Å². The zero-order chi connectivity index (χ0) is 23.0. The molecular formula is C22H21Br2NO6. The molecule has 0 aliphatic carbocycles. The van der Waals surface area contributed by atoms with Crippen LogP contribution in [-0.4, -0.2) is 28.1 Å². The standard InChI is InChI=1S/C22H21Br2NO6/c1-13(26)14-7-9-16(10-8-14)25-22(30)31-19(5-3-2-4-6-20(27)28)17-11-15(23)12-18(24)21(17)29/h4,6-12,19,29H,2-3,5H2,1H3,(H,25,30)(H,27,28)/b6-4+/t19-/m0/s1. The molecule has 0 saturated heterocycles. The van der Waals surface area contributed by atoms with Crippen molar-refractivity contribution in [2.75, 3.05) is 5.32 Å². The molecule has 0 aromatic heterocycles. The summed E-state index contributed by atoms with van der Waals surface area (Å²) in [6.45, 7) is 1.45. The highest BCUT2D eigenvalue weighted by atomic mass is 79.9. The average molecular weight is 555 g/mol. The second-order valence-electron chi connectivity index (χ2n) is 6.65. The number of ketones is 1. The fourth-order valence-corrected chi connectivity index (χ4v) is 4.04. The van der Waals surface area contributed by atoms with Crippen LogP contribution in [0.1, 0.15) is 48.2 Å². The van der Waals surface area contributed by atoms with E-state index in [1.807, 2.05) is 0 Å². The number of unbranched alkanes of at least 4 members (excludes halogenated alkanes) is 1. The molecule has 0 aliphatic rings. The van der Waals surface area contributed by atoms with Crippen molar-refractivity contribution in [1.82, 2.24) is 0 Å². The van der Waals surface area contributed by atoms with Crippen molar-refractivity contribution < 1.29 is 29.3 Å². The van der Waals surface area contributed by atoms with Crippen molar-refractivity contribution >= 4 is 55.4 Å². The Kier molecular flexibility index (Phi) is 9.26. The zero-order valence-electron chi connectivity index (χ0n) is 16.6. The molecule has 0 saturated carbocycles. The van der Waals surface area contributed by atoms with Crippen LogP contribution in [0, 0.1) is 0 Å². The minimum absolute atomic E-state index is 0.0483. The van der Waals surface area contributed by atoms with Crippen LogP contribution in [0.25, 0.3) is 0 Å². The molecule has 7 nitrogen and oxygen atoms in total. The number of ether oxygens (including phenoxy) is 1. The van der Waals surface area contributed by atoms with Gasteiger partial charge in [-0.1, -0.05) is 22.0 Å². The molecule has 164 valence electrons. The molecule has 0 aliphatic heterocycles. The molecule has 0 spiro atoms. The van der Waals surface area contributed by atoms with Gasteiger partial charge in [-0.25, -0.2) is 9.59 Å². The van der Waals surface area contributed by atoms with Crippen LogP contribution in [0.5, 0.6) is 5.75 Å². The molecule has 0 fully saturated rings. The fourth-order valence-electron chi connectivity index (χ4n) is 2.78. The van der Waals surface area contributed by atoms with E-state index in [1.54, 1.807) is 36.4 Å². The summed E-state index contributed by atoms with van der Waals surface area (Å²) >= 11 is 6.63. The Morgan fingerprint density at radius 2 is 1.84 bits per heavy atom. The molecule has 1 atom stereocenters. The molecule has 0 radical (unpaired) electrons. The summed E-state index contributed by atoms with van der Waals surface area (Å²) in [6.07, 6.45) is 2.43. The van der Waals surface area contributed by atoms with Crippen molar-refractivity contribution in [1.29, 1.82) is 0 Å². The average Bonchev–Trinajstić information content (AvgIpc) is 2.69. The number of aromatic hydroxyl groups is 1. The quantitative estimate of drug-likeness (QED) is 0.193. The van der Waals surface area contributed by atoms with Crippen LogP contribution >= 0.6 is 31.9 Å². The van der Waals surface area contributed by atoms with E-state index >= 15 is 0 Å². The van der Waals surface area contributed by atoms with Crippen molar-refractivity contribution in [3.8, 4) is 5.75 Å². The van der Waals surface area contributed by atoms with Gasteiger partial charge in [0, 0.05) is 27.4 Å². The molecule has 2 aromatic carbocycles. The van der Waals surface area contributed by atoms with Crippen LogP contribution in [0.4, 0.5) is 10.5 Å². The number of benzene rings is 2. The Morgan fingerprint density at radius 1 is 1.16 bits per heavy atom. The Labute approximate surface area is 196 Å². The summed E-state index contributed by atoms with van der Waals surface area (Å²) in [6, 6.07) is 9.71. The number of phenolic OH excluding ortho intramolecular Hbond substituents is 1. The van der Waals surface area contributed by atoms with Crippen LogP contribution in [0.2, 0.25) is 0 Å². The number of nitrogens with one attached hydrogen (secondary N) is 1. The van der Waals surface area contributed by atoms with Gasteiger partial charge in [0.2, 0.25) is 0 Å². The van der Waals surface area contributed by atoms with Gasteiger partial charge in [-0.2, -0.15) is 0 Å². The smallest absolute Gasteiger partial charge is 0.412 e. The number of anilines is 1. The maximum absolute atomic E-state index is 12.5. The van der Waals surface area contributed by atoms with Gasteiger partial charge in [-0.05, 0) is 78.5 Å². The Morgan fingerprint density at radius 3 is 2.45 bits per heavy atom. The van der Waals surface area contributed by atoms with Crippen LogP contribution < -0.4 is 5.32 Å². The second-order valence-corrected chi connectivity index (χ2v) is 8.42. The summed E-state index contributed by atoms with van der Waals surface area (Å²) in [5, 5.41) is 21.7. The number of rotatable bonds is 9. The lowest BCUT2D eigenvalue weighted by Gasteiger charge is -2.20. The van der Waals surface area contributed by atoms with E-state index in [1.165, 1.54) is 13.0 Å². The number of carbonyl (C=O) groups excluding carboxylic acids is 2. The third-order valence-electron chi connectivity index (χ3n) is 4.29. The highest BCUT2D eigenvalue weighted by molar-refractivity contribution is 9.11. The van der Waals surface area contributed by atoms with Gasteiger partial charge in [0.25, 0.3) is 0 Å². The van der Waals surface area contributed by atoms with Crippen LogP contribution in [-0.2, 0) is 9.53 Å². The van der Waals surface area contributed by atoms with E-state index in [0.717, 1.165) is 6.08 Å². The first-order chi connectivity index (χ1) is 14.7. The fraction of sp³-hybridized carbons (Fsp3) is 0.227. The third-order valence-corrected chi connectivity index (χ3v) is 5.35. The lowest BCUT2D eigenvalue weighted by molar-refractivity contribution is -0.131. The summed E-state index contributed by atoms with van der Waals surface area (Å²) in [4.78, 5) is 34.4. The van der Waals surface area contributed by atoms with Gasteiger partial charge in [0.1, 0.15) is 11.9 Å². The van der Waals surface area contributed by atoms with Crippen molar-refractivity contribution in [3.63, 3.8) is 0 Å². The molecule has 2 rings (SSSR count). The number of halogens is 2. The third kappa shape index (κ3) is 7.84. The van der Waals surface area contributed by atoms with E-state index in [-0.39, 0.29) is 11.5 Å². The van der Waals surface area contributed by atoms with Crippen molar-refractivity contribution in [2.24, 2.45) is 0 Å². The lowest BCUT2D eigenvalue weighted by atomic mass is 10.0. The molecule has 31 heavy (non-hydrogen) atoms. The summed E-state index contributed by atoms with van der Waals surface area (Å²) in [5.74, 6) is -1.16. The lowest BCUT2D eigenvalue weighted by Crippen LogP contribution is -2.18. The summed E-state index contributed by atoms with van der Waals surface area (Å²) < 4.78 is 6.71. The monoisotopic (exact) mass is 553 g/mol. The molecule has 2 aromatic rings. The second kappa shape index (κ2) is 11.7. The number of phenols is 1. The Hall–Kier alpha value is -2.65. The molecule has 0 heterocycles. The highest BCUT2D eigenvalue weighted by Gasteiger charge is 2.22. The van der Waals surface area contributed by atoms with Gasteiger partial charge in [0.15, 0.2) is 5.78 Å². The zero-order valence-corrected chi connectivity index (χ0v) is 19.8. The number of carbonyl (C=O) groups is 3. The SMILES string of the molecule is CC(=O)c1ccc(NC(=O)O[C@@H](CCC/C=C/C(=O)O)c2cc(Br)cc(Br)c2O)cc1. The molecule has 9 heteroatoms. The van der Waals surface area contributed by atoms with E-state index in [4.69, 9.17) is 9.84 Å². The highest BCUT2D eigenvalue weighted by Crippen LogP contribution is 2.38. The van der Waals surface area contributed by atoms with Gasteiger partial charge >= 0.3 is 12.1 Å². The Balaban J connectivity index is 2.14. The molecular weight excluding hydrogens is 534 g/mol. The predicted octanol–water partition coefficient (Wildman–Crippen LogP) is 6.22. The van der Waals surface area contributed by atoms with E-state index in [2.05, 4.69) is 37.2 Å². The summed E-state index contributed by atoms with van der Waals surface area (Å²) in [5.41, 5.74) is 1.39.